The predicted octanol–water partition coefficient (Wildman–Crippen LogP) is 2.72. The van der Waals surface area contributed by atoms with Gasteiger partial charge >= 0.3 is 6.03 Å². The Morgan fingerprint density at radius 2 is 1.82 bits per heavy atom. The topological polar surface area (TPSA) is 52.7 Å². The summed E-state index contributed by atoms with van der Waals surface area (Å²) in [5, 5.41) is 2.90. The number of hydrogen-bond acceptors (Lipinski definition) is 2. The second-order valence-electron chi connectivity index (χ2n) is 5.75. The van der Waals surface area contributed by atoms with Crippen LogP contribution >= 0.6 is 15.9 Å². The largest absolute Gasteiger partial charge is 0.337 e. The highest BCUT2D eigenvalue weighted by molar-refractivity contribution is 9.10. The summed E-state index contributed by atoms with van der Waals surface area (Å²) in [4.78, 5) is 28.2. The smallest absolute Gasteiger partial charge is 0.317 e. The summed E-state index contributed by atoms with van der Waals surface area (Å²) in [6.07, 6.45) is 0.797. The first-order valence-corrected chi connectivity index (χ1v) is 8.37. The number of urea groups is 1. The van der Waals surface area contributed by atoms with E-state index >= 15 is 0 Å². The van der Waals surface area contributed by atoms with E-state index in [1.807, 2.05) is 43.0 Å². The second kappa shape index (κ2) is 7.63. The highest BCUT2D eigenvalue weighted by Gasteiger charge is 2.23. The first-order chi connectivity index (χ1) is 10.5. The molecule has 0 radical (unpaired) electrons. The molecule has 120 valence electrons. The third kappa shape index (κ3) is 4.47. The van der Waals surface area contributed by atoms with Crippen LogP contribution in [0.5, 0.6) is 0 Å². The van der Waals surface area contributed by atoms with Crippen molar-refractivity contribution in [3.63, 3.8) is 0 Å². The van der Waals surface area contributed by atoms with Gasteiger partial charge in [0, 0.05) is 42.3 Å². The summed E-state index contributed by atoms with van der Waals surface area (Å²) in [5.41, 5.74) is 0.675. The zero-order valence-electron chi connectivity index (χ0n) is 13.0. The van der Waals surface area contributed by atoms with Crippen LogP contribution in [0.3, 0.4) is 0 Å². The van der Waals surface area contributed by atoms with Gasteiger partial charge in [-0.05, 0) is 38.5 Å². The zero-order valence-corrected chi connectivity index (χ0v) is 14.6. The van der Waals surface area contributed by atoms with Crippen molar-refractivity contribution in [2.45, 2.75) is 26.3 Å². The summed E-state index contributed by atoms with van der Waals surface area (Å²) in [7, 11) is 0. The van der Waals surface area contributed by atoms with Gasteiger partial charge in [0.1, 0.15) is 0 Å². The summed E-state index contributed by atoms with van der Waals surface area (Å²) < 4.78 is 0.895. The lowest BCUT2D eigenvalue weighted by molar-refractivity contribution is 0.0762. The fraction of sp³-hybridized carbons (Fsp3) is 0.500. The molecule has 2 rings (SSSR count). The number of carbonyl (C=O) groups is 2. The Hall–Kier alpha value is -1.56. The lowest BCUT2D eigenvalue weighted by Gasteiger charge is -2.23. The van der Waals surface area contributed by atoms with Crippen LogP contribution < -0.4 is 5.32 Å². The van der Waals surface area contributed by atoms with Crippen molar-refractivity contribution in [3.05, 3.63) is 34.3 Å². The molecule has 1 aromatic rings. The van der Waals surface area contributed by atoms with E-state index < -0.39 is 0 Å². The van der Waals surface area contributed by atoms with Crippen molar-refractivity contribution in [3.8, 4) is 0 Å². The molecule has 0 atom stereocenters. The summed E-state index contributed by atoms with van der Waals surface area (Å²) in [5.74, 6) is 0.0208. The second-order valence-corrected chi connectivity index (χ2v) is 6.66. The van der Waals surface area contributed by atoms with E-state index in [9.17, 15) is 9.59 Å². The quantitative estimate of drug-likeness (QED) is 0.873. The third-order valence-corrected chi connectivity index (χ3v) is 4.05. The van der Waals surface area contributed by atoms with Gasteiger partial charge in [-0.1, -0.05) is 22.0 Å². The van der Waals surface area contributed by atoms with Crippen molar-refractivity contribution in [2.24, 2.45) is 0 Å². The summed E-state index contributed by atoms with van der Waals surface area (Å²) in [6, 6.07) is 7.48. The Labute approximate surface area is 139 Å². The Morgan fingerprint density at radius 1 is 1.14 bits per heavy atom. The molecule has 5 nitrogen and oxygen atoms in total. The molecule has 1 aliphatic heterocycles. The number of carbonyl (C=O) groups excluding carboxylic acids is 2. The molecule has 1 saturated heterocycles. The van der Waals surface area contributed by atoms with Crippen LogP contribution in [0.1, 0.15) is 30.6 Å². The fourth-order valence-electron chi connectivity index (χ4n) is 2.47. The van der Waals surface area contributed by atoms with Crippen molar-refractivity contribution in [2.75, 3.05) is 26.2 Å². The molecule has 1 fully saturated rings. The van der Waals surface area contributed by atoms with Crippen molar-refractivity contribution in [1.82, 2.24) is 15.1 Å². The number of nitrogens with one attached hydrogen (secondary N) is 1. The first-order valence-electron chi connectivity index (χ1n) is 7.57. The van der Waals surface area contributed by atoms with Crippen LogP contribution in [-0.2, 0) is 0 Å². The molecule has 0 spiro atoms. The molecule has 0 aliphatic carbocycles. The number of benzene rings is 1. The number of halogens is 1. The lowest BCUT2D eigenvalue weighted by Crippen LogP contribution is -2.44. The van der Waals surface area contributed by atoms with E-state index in [4.69, 9.17) is 0 Å². The lowest BCUT2D eigenvalue weighted by atomic mass is 10.2. The monoisotopic (exact) mass is 367 g/mol. The minimum absolute atomic E-state index is 0.0208. The highest BCUT2D eigenvalue weighted by atomic mass is 79.9. The summed E-state index contributed by atoms with van der Waals surface area (Å²) >= 11 is 3.39. The number of amides is 3. The molecule has 6 heteroatoms. The highest BCUT2D eigenvalue weighted by Crippen LogP contribution is 2.15. The maximum absolute atomic E-state index is 12.5. The van der Waals surface area contributed by atoms with Gasteiger partial charge in [0.2, 0.25) is 0 Å². The van der Waals surface area contributed by atoms with Crippen molar-refractivity contribution in [1.29, 1.82) is 0 Å². The normalized spacial score (nSPS) is 15.6. The molecule has 0 saturated carbocycles. The molecule has 1 aromatic carbocycles. The van der Waals surface area contributed by atoms with Gasteiger partial charge in [0.15, 0.2) is 0 Å². The van der Waals surface area contributed by atoms with Gasteiger partial charge in [-0.2, -0.15) is 0 Å². The Morgan fingerprint density at radius 3 is 2.50 bits per heavy atom. The molecule has 3 amide bonds. The average molecular weight is 368 g/mol. The minimum Gasteiger partial charge on any atom is -0.337 e. The average Bonchev–Trinajstić information content (AvgIpc) is 2.71. The Bertz CT molecular complexity index is 548. The van der Waals surface area contributed by atoms with Crippen LogP contribution in [0.15, 0.2) is 28.7 Å². The van der Waals surface area contributed by atoms with E-state index in [0.717, 1.165) is 10.9 Å². The van der Waals surface area contributed by atoms with Gasteiger partial charge in [0.05, 0.1) is 0 Å². The SMILES string of the molecule is CC(C)NC(=O)N1CCCN(C(=O)c2cccc(Br)c2)CC1. The van der Waals surface area contributed by atoms with Crippen molar-refractivity contribution >= 4 is 27.9 Å². The maximum Gasteiger partial charge on any atom is 0.317 e. The van der Waals surface area contributed by atoms with Gasteiger partial charge < -0.3 is 15.1 Å². The third-order valence-electron chi connectivity index (χ3n) is 3.55. The summed E-state index contributed by atoms with van der Waals surface area (Å²) in [6.45, 7) is 6.38. The number of rotatable bonds is 2. The van der Waals surface area contributed by atoms with Crippen LogP contribution in [0.25, 0.3) is 0 Å². The van der Waals surface area contributed by atoms with Crippen LogP contribution in [-0.4, -0.2) is 54.0 Å². The van der Waals surface area contributed by atoms with Gasteiger partial charge in [0.25, 0.3) is 5.91 Å². The van der Waals surface area contributed by atoms with Gasteiger partial charge in [-0.25, -0.2) is 4.79 Å². The van der Waals surface area contributed by atoms with Gasteiger partial charge in [-0.3, -0.25) is 4.79 Å². The molecule has 1 N–H and O–H groups in total. The molecule has 0 unspecified atom stereocenters. The van der Waals surface area contributed by atoms with E-state index in [-0.39, 0.29) is 18.0 Å². The molecule has 1 heterocycles. The van der Waals surface area contributed by atoms with Gasteiger partial charge in [-0.15, -0.1) is 0 Å². The molecular weight excluding hydrogens is 346 g/mol. The standard InChI is InChI=1S/C16H22BrN3O2/c1-12(2)18-16(22)20-8-4-7-19(9-10-20)15(21)13-5-3-6-14(17)11-13/h3,5-6,11-12H,4,7-10H2,1-2H3,(H,18,22). The van der Waals surface area contributed by atoms with E-state index in [1.165, 1.54) is 0 Å². The van der Waals surface area contributed by atoms with Crippen molar-refractivity contribution < 1.29 is 9.59 Å². The van der Waals surface area contributed by atoms with Crippen LogP contribution in [0.2, 0.25) is 0 Å². The molecule has 1 aliphatic rings. The van der Waals surface area contributed by atoms with E-state index in [2.05, 4.69) is 21.2 Å². The number of hydrogen-bond donors (Lipinski definition) is 1. The molecule has 22 heavy (non-hydrogen) atoms. The molecule has 0 aromatic heterocycles. The van der Waals surface area contributed by atoms with Crippen LogP contribution in [0.4, 0.5) is 4.79 Å². The minimum atomic E-state index is -0.0493. The number of nitrogens with zero attached hydrogens (tertiary/aromatic N) is 2. The Kier molecular flexibility index (Phi) is 5.83. The molecular formula is C16H22BrN3O2. The maximum atomic E-state index is 12.5. The van der Waals surface area contributed by atoms with E-state index in [0.29, 0.717) is 31.7 Å². The molecule has 0 bridgehead atoms. The predicted molar refractivity (Wildman–Crippen MR) is 89.9 cm³/mol. The Balaban J connectivity index is 1.98. The first kappa shape index (κ1) is 16.8. The van der Waals surface area contributed by atoms with Crippen LogP contribution in [0, 0.1) is 0 Å². The fourth-order valence-corrected chi connectivity index (χ4v) is 2.87. The zero-order chi connectivity index (χ0) is 16.1. The van der Waals surface area contributed by atoms with E-state index in [1.54, 1.807) is 4.90 Å².